The van der Waals surface area contributed by atoms with Gasteiger partial charge in [-0.3, -0.25) is 0 Å². The van der Waals surface area contributed by atoms with E-state index >= 15 is 0 Å². The molecule has 11 N–H and O–H groups in total. The van der Waals surface area contributed by atoms with Crippen molar-refractivity contribution in [2.45, 2.75) is 79.7 Å². The van der Waals surface area contributed by atoms with Crippen molar-refractivity contribution < 1.29 is 75.1 Å². The summed E-state index contributed by atoms with van der Waals surface area (Å²) >= 11 is 0. The number of hydrogen-bond acceptors (Lipinski definition) is 15. The maximum atomic E-state index is 10.2. The highest BCUT2D eigenvalue weighted by molar-refractivity contribution is 4.92. The fraction of sp³-hybridized carbons (Fsp3) is 1.00. The van der Waals surface area contributed by atoms with E-state index in [-0.39, 0.29) is 0 Å². The molecule has 2 saturated heterocycles. The molecule has 2 aliphatic heterocycles. The van der Waals surface area contributed by atoms with E-state index in [1.165, 1.54) is 0 Å². The van der Waals surface area contributed by atoms with Crippen molar-refractivity contribution in [3.63, 3.8) is 0 Å². The first-order valence-electron chi connectivity index (χ1n) is 9.92. The number of hydrogen-bond donors (Lipinski definition) is 11. The third-order valence-electron chi connectivity index (χ3n) is 5.41. The zero-order valence-electron chi connectivity index (χ0n) is 16.9. The monoisotopic (exact) mass is 476 g/mol. The average Bonchev–Trinajstić information content (AvgIpc) is 2.80. The molecule has 0 saturated carbocycles. The molecule has 2 aliphatic rings. The molecular formula is C17H32O15. The molecule has 0 spiro atoms. The lowest BCUT2D eigenvalue weighted by Crippen LogP contribution is -2.63. The van der Waals surface area contributed by atoms with Crippen molar-refractivity contribution >= 4 is 0 Å². The Balaban J connectivity index is 2.19. The molecule has 0 aromatic rings. The lowest BCUT2D eigenvalue weighted by Gasteiger charge is -2.44. The van der Waals surface area contributed by atoms with E-state index in [2.05, 4.69) is 0 Å². The number of rotatable bonds is 10. The second kappa shape index (κ2) is 12.2. The van der Waals surface area contributed by atoms with Gasteiger partial charge in [0.1, 0.15) is 67.1 Å². The van der Waals surface area contributed by atoms with Crippen LogP contribution in [0.5, 0.6) is 0 Å². The van der Waals surface area contributed by atoms with E-state index in [1.54, 1.807) is 0 Å². The zero-order valence-corrected chi connectivity index (χ0v) is 16.9. The van der Waals surface area contributed by atoms with Crippen molar-refractivity contribution in [1.29, 1.82) is 0 Å². The van der Waals surface area contributed by atoms with Gasteiger partial charge in [-0.25, -0.2) is 0 Å². The third kappa shape index (κ3) is 5.90. The van der Waals surface area contributed by atoms with Crippen LogP contribution in [-0.2, 0) is 18.9 Å². The molecule has 0 bridgehead atoms. The topological polar surface area (TPSA) is 259 Å². The standard InChI is InChI=1S/C17H32O15/c18-1-5(22)15(32-17-14(28)12(26)10(24)7(3-20)30-17)8(4-21)31-16-13(27)11(25)9(23)6(2-19)29-16/h5-28H,1-4H2/t5-,6+,7+,8+,9+,10+,11-,12-,13+,14+,15-,16+,17+/m0/s1. The van der Waals surface area contributed by atoms with Crippen LogP contribution in [0.4, 0.5) is 0 Å². The predicted octanol–water partition coefficient (Wildman–Crippen LogP) is -7.30. The summed E-state index contributed by atoms with van der Waals surface area (Å²) < 4.78 is 21.1. The Bertz CT molecular complexity index is 550. The van der Waals surface area contributed by atoms with E-state index in [1.807, 2.05) is 0 Å². The minimum Gasteiger partial charge on any atom is -0.394 e. The zero-order chi connectivity index (χ0) is 24.2. The Morgan fingerprint density at radius 1 is 0.594 bits per heavy atom. The molecule has 0 aliphatic carbocycles. The van der Waals surface area contributed by atoms with Crippen molar-refractivity contribution in [3.05, 3.63) is 0 Å². The first kappa shape index (κ1) is 27.6. The van der Waals surface area contributed by atoms with Gasteiger partial charge in [0.2, 0.25) is 0 Å². The molecule has 190 valence electrons. The molecule has 0 amide bonds. The highest BCUT2D eigenvalue weighted by atomic mass is 16.7. The summed E-state index contributed by atoms with van der Waals surface area (Å²) in [6.45, 7) is -3.37. The first-order chi connectivity index (χ1) is 15.1. The van der Waals surface area contributed by atoms with Crippen LogP contribution in [0, 0.1) is 0 Å². The Kier molecular flexibility index (Phi) is 10.5. The molecular weight excluding hydrogens is 444 g/mol. The average molecular weight is 476 g/mol. The van der Waals surface area contributed by atoms with E-state index in [0.29, 0.717) is 0 Å². The summed E-state index contributed by atoms with van der Waals surface area (Å²) in [5.41, 5.74) is 0. The van der Waals surface area contributed by atoms with Crippen LogP contribution in [0.2, 0.25) is 0 Å². The molecule has 2 heterocycles. The van der Waals surface area contributed by atoms with Gasteiger partial charge < -0.3 is 75.1 Å². The lowest BCUT2D eigenvalue weighted by molar-refractivity contribution is -0.349. The molecule has 32 heavy (non-hydrogen) atoms. The number of aliphatic hydroxyl groups is 11. The van der Waals surface area contributed by atoms with Gasteiger partial charge in [0.05, 0.1) is 26.4 Å². The van der Waals surface area contributed by atoms with Crippen LogP contribution in [-0.4, -0.2) is 162 Å². The van der Waals surface area contributed by atoms with Crippen LogP contribution < -0.4 is 0 Å². The molecule has 2 rings (SSSR count). The summed E-state index contributed by atoms with van der Waals surface area (Å²) in [4.78, 5) is 0. The summed E-state index contributed by atoms with van der Waals surface area (Å²) in [6, 6.07) is 0. The fourth-order valence-electron chi connectivity index (χ4n) is 3.44. The molecule has 15 nitrogen and oxygen atoms in total. The Hall–Kier alpha value is -0.600. The quantitative estimate of drug-likeness (QED) is 0.140. The van der Waals surface area contributed by atoms with Gasteiger partial charge >= 0.3 is 0 Å². The largest absolute Gasteiger partial charge is 0.394 e. The van der Waals surface area contributed by atoms with Gasteiger partial charge in [-0.2, -0.15) is 0 Å². The van der Waals surface area contributed by atoms with Crippen LogP contribution in [0.1, 0.15) is 0 Å². The van der Waals surface area contributed by atoms with Gasteiger partial charge in [-0.15, -0.1) is 0 Å². The van der Waals surface area contributed by atoms with Gasteiger partial charge in [-0.1, -0.05) is 0 Å². The summed E-state index contributed by atoms with van der Waals surface area (Å²) in [7, 11) is 0. The summed E-state index contributed by atoms with van der Waals surface area (Å²) in [5, 5.41) is 108. The molecule has 2 fully saturated rings. The van der Waals surface area contributed by atoms with E-state index in [9.17, 15) is 56.2 Å². The number of aliphatic hydroxyl groups excluding tert-OH is 11. The van der Waals surface area contributed by atoms with Gasteiger partial charge in [0.25, 0.3) is 0 Å². The maximum absolute atomic E-state index is 10.2. The van der Waals surface area contributed by atoms with Crippen molar-refractivity contribution in [3.8, 4) is 0 Å². The second-order valence-electron chi connectivity index (χ2n) is 7.60. The second-order valence-corrected chi connectivity index (χ2v) is 7.60. The van der Waals surface area contributed by atoms with Crippen LogP contribution in [0.3, 0.4) is 0 Å². The Morgan fingerprint density at radius 2 is 1.03 bits per heavy atom. The van der Waals surface area contributed by atoms with Crippen molar-refractivity contribution in [1.82, 2.24) is 0 Å². The molecule has 15 heteroatoms. The molecule has 0 aromatic carbocycles. The highest BCUT2D eigenvalue weighted by Crippen LogP contribution is 2.27. The summed E-state index contributed by atoms with van der Waals surface area (Å²) in [6.07, 6.45) is -21.9. The van der Waals surface area contributed by atoms with E-state index in [0.717, 1.165) is 0 Å². The van der Waals surface area contributed by atoms with E-state index < -0.39 is 106 Å². The van der Waals surface area contributed by atoms with Crippen molar-refractivity contribution in [2.75, 3.05) is 26.4 Å². The minimum atomic E-state index is -1.87. The SMILES string of the molecule is OC[C@H](O)[C@H](O[C@H]1O[C@H](CO)[C@@H](O)[C@H](O)[C@H]1O)[C@@H](CO)O[C@H]1O[C@H](CO)[C@@H](O)[C@H](O)[C@H]1O. The first-order valence-corrected chi connectivity index (χ1v) is 9.92. The van der Waals surface area contributed by atoms with Crippen LogP contribution in [0.15, 0.2) is 0 Å². The lowest BCUT2D eigenvalue weighted by atomic mass is 9.98. The Labute approximate surface area is 182 Å². The third-order valence-corrected chi connectivity index (χ3v) is 5.41. The minimum absolute atomic E-state index is 0.751. The fourth-order valence-corrected chi connectivity index (χ4v) is 3.44. The molecule has 13 atom stereocenters. The van der Waals surface area contributed by atoms with Gasteiger partial charge in [-0.05, 0) is 0 Å². The van der Waals surface area contributed by atoms with Crippen LogP contribution >= 0.6 is 0 Å². The van der Waals surface area contributed by atoms with Gasteiger partial charge in [0.15, 0.2) is 12.6 Å². The summed E-state index contributed by atoms with van der Waals surface area (Å²) in [5.74, 6) is 0. The predicted molar refractivity (Wildman–Crippen MR) is 97.5 cm³/mol. The number of ether oxygens (including phenoxy) is 4. The highest BCUT2D eigenvalue weighted by Gasteiger charge is 2.49. The van der Waals surface area contributed by atoms with Crippen molar-refractivity contribution in [2.24, 2.45) is 0 Å². The maximum Gasteiger partial charge on any atom is 0.187 e. The molecule has 0 aromatic heterocycles. The molecule has 0 unspecified atom stereocenters. The smallest absolute Gasteiger partial charge is 0.187 e. The van der Waals surface area contributed by atoms with E-state index in [4.69, 9.17) is 18.9 Å². The normalized spacial score (nSPS) is 43.6. The molecule has 0 radical (unpaired) electrons. The Morgan fingerprint density at radius 3 is 1.41 bits per heavy atom. The van der Waals surface area contributed by atoms with Crippen LogP contribution in [0.25, 0.3) is 0 Å². The van der Waals surface area contributed by atoms with Gasteiger partial charge in [0, 0.05) is 0 Å².